The Labute approximate surface area is 346 Å². The van der Waals surface area contributed by atoms with E-state index in [-0.39, 0.29) is 24.3 Å². The minimum atomic E-state index is -0.941. The molecule has 3 amide bonds. The highest BCUT2D eigenvalue weighted by molar-refractivity contribution is 6.26. The summed E-state index contributed by atoms with van der Waals surface area (Å²) in [5.41, 5.74) is 6.73. The molecule has 0 saturated carbocycles. The Balaban J connectivity index is 1.00. The van der Waals surface area contributed by atoms with Gasteiger partial charge in [-0.2, -0.15) is 0 Å². The first-order valence-electron chi connectivity index (χ1n) is 21.2. The van der Waals surface area contributed by atoms with E-state index in [1.54, 1.807) is 0 Å². The van der Waals surface area contributed by atoms with Crippen LogP contribution in [-0.4, -0.2) is 106 Å². The molecule has 5 aromatic rings. The SMILES string of the molecule is CCN(CC)c1ccc2c(c1)Oc1cc(N(CC)CC)ccc1C21c2ccccc2C(=O)N1CCNCCN1C(=O)c2cccc3c(N4CCOCC4)ccc(c23)C1=O. The Morgan fingerprint density at radius 2 is 1.22 bits per heavy atom. The lowest BCUT2D eigenvalue weighted by Crippen LogP contribution is -2.50. The predicted octanol–water partition coefficient (Wildman–Crippen LogP) is 7.11. The van der Waals surface area contributed by atoms with Gasteiger partial charge in [-0.25, -0.2) is 0 Å². The average molecular weight is 793 g/mol. The van der Waals surface area contributed by atoms with Crippen LogP contribution in [0.3, 0.4) is 0 Å². The van der Waals surface area contributed by atoms with Crippen molar-refractivity contribution in [3.63, 3.8) is 0 Å². The highest BCUT2D eigenvalue weighted by Crippen LogP contribution is 2.58. The average Bonchev–Trinajstić information content (AvgIpc) is 3.51. The van der Waals surface area contributed by atoms with E-state index in [9.17, 15) is 14.4 Å². The molecule has 1 spiro atoms. The van der Waals surface area contributed by atoms with Crippen molar-refractivity contribution < 1.29 is 23.9 Å². The Hall–Kier alpha value is -5.91. The molecule has 9 rings (SSSR count). The van der Waals surface area contributed by atoms with Gasteiger partial charge in [-0.3, -0.25) is 19.3 Å². The highest BCUT2D eigenvalue weighted by atomic mass is 16.5. The first-order chi connectivity index (χ1) is 28.8. The van der Waals surface area contributed by atoms with E-state index < -0.39 is 5.54 Å². The van der Waals surface area contributed by atoms with Gasteiger partial charge in [0.15, 0.2) is 0 Å². The summed E-state index contributed by atoms with van der Waals surface area (Å²) in [5, 5.41) is 5.13. The quantitative estimate of drug-likeness (QED) is 0.0989. The maximum Gasteiger partial charge on any atom is 0.261 e. The van der Waals surface area contributed by atoms with Crippen LogP contribution in [0.5, 0.6) is 11.5 Å². The van der Waals surface area contributed by atoms with Crippen molar-refractivity contribution >= 4 is 45.6 Å². The number of anilines is 3. The summed E-state index contributed by atoms with van der Waals surface area (Å²) in [6, 6.07) is 30.3. The van der Waals surface area contributed by atoms with E-state index in [2.05, 4.69) is 90.2 Å². The summed E-state index contributed by atoms with van der Waals surface area (Å²) in [6.07, 6.45) is 0. The monoisotopic (exact) mass is 792 g/mol. The Bertz CT molecular complexity index is 2370. The Morgan fingerprint density at radius 3 is 1.86 bits per heavy atom. The predicted molar refractivity (Wildman–Crippen MR) is 233 cm³/mol. The molecule has 1 saturated heterocycles. The fourth-order valence-electron chi connectivity index (χ4n) is 9.82. The number of benzene rings is 5. The van der Waals surface area contributed by atoms with Crippen LogP contribution in [-0.2, 0) is 10.3 Å². The molecule has 11 nitrogen and oxygen atoms in total. The van der Waals surface area contributed by atoms with Crippen molar-refractivity contribution in [1.29, 1.82) is 0 Å². The number of hydrogen-bond donors (Lipinski definition) is 1. The zero-order valence-corrected chi connectivity index (χ0v) is 34.4. The number of amides is 3. The molecular formula is C48H52N6O5. The summed E-state index contributed by atoms with van der Waals surface area (Å²) >= 11 is 0. The van der Waals surface area contributed by atoms with Crippen LogP contribution < -0.4 is 24.8 Å². The van der Waals surface area contributed by atoms with E-state index in [4.69, 9.17) is 9.47 Å². The van der Waals surface area contributed by atoms with Crippen LogP contribution >= 0.6 is 0 Å². The third kappa shape index (κ3) is 6.12. The lowest BCUT2D eigenvalue weighted by atomic mass is 9.74. The largest absolute Gasteiger partial charge is 0.456 e. The van der Waals surface area contributed by atoms with Crippen molar-refractivity contribution in [3.8, 4) is 11.5 Å². The summed E-state index contributed by atoms with van der Waals surface area (Å²) in [4.78, 5) is 52.8. The van der Waals surface area contributed by atoms with E-state index in [1.165, 1.54) is 4.90 Å². The molecule has 4 aliphatic rings. The van der Waals surface area contributed by atoms with Crippen LogP contribution in [0.1, 0.15) is 75.5 Å². The third-order valence-electron chi connectivity index (χ3n) is 12.7. The molecule has 4 heterocycles. The second-order valence-electron chi connectivity index (χ2n) is 15.5. The van der Waals surface area contributed by atoms with E-state index in [0.29, 0.717) is 49.5 Å². The van der Waals surface area contributed by atoms with Crippen molar-refractivity contribution in [2.45, 2.75) is 33.2 Å². The molecule has 0 radical (unpaired) electrons. The normalized spacial score (nSPS) is 16.3. The van der Waals surface area contributed by atoms with Gasteiger partial charge in [-0.05, 0) is 69.7 Å². The number of rotatable bonds is 13. The Kier molecular flexibility index (Phi) is 10.3. The van der Waals surface area contributed by atoms with Crippen LogP contribution in [0.15, 0.2) is 91.0 Å². The van der Waals surface area contributed by atoms with Crippen LogP contribution in [0.4, 0.5) is 17.1 Å². The number of morpholine rings is 1. The summed E-state index contributed by atoms with van der Waals surface area (Å²) in [6.45, 7) is 16.2. The minimum absolute atomic E-state index is 0.0515. The van der Waals surface area contributed by atoms with Gasteiger partial charge in [0.2, 0.25) is 0 Å². The smallest absolute Gasteiger partial charge is 0.261 e. The highest BCUT2D eigenvalue weighted by Gasteiger charge is 2.56. The van der Waals surface area contributed by atoms with Crippen molar-refractivity contribution in [2.24, 2.45) is 0 Å². The number of fused-ring (bicyclic) bond motifs is 6. The fourth-order valence-corrected chi connectivity index (χ4v) is 9.82. The van der Waals surface area contributed by atoms with Crippen LogP contribution in [0.25, 0.3) is 10.8 Å². The zero-order valence-electron chi connectivity index (χ0n) is 34.4. The number of carbonyl (C=O) groups excluding carboxylic acids is 3. The summed E-state index contributed by atoms with van der Waals surface area (Å²) in [5.74, 6) is 0.832. The molecule has 5 aromatic carbocycles. The van der Waals surface area contributed by atoms with Gasteiger partial charge < -0.3 is 34.4 Å². The standard InChI is InChI=1S/C48H52N6O5/c1-5-50(6-2)32-16-19-39-42(30-32)59-43-31-33(51(7-3)8-4)17-20-40(43)48(39)38-15-10-9-12-34(38)47(57)54(48)25-23-49-22-24-53-45(55)36-14-11-13-35-41(52-26-28-58-29-27-52)21-18-37(44(35)36)46(53)56/h9-21,30-31,49H,5-8,22-29H2,1-4H3. The maximum absolute atomic E-state index is 14.7. The molecule has 0 unspecified atom stereocenters. The lowest BCUT2D eigenvalue weighted by molar-refractivity contribution is 0.0611. The van der Waals surface area contributed by atoms with Gasteiger partial charge in [0.05, 0.1) is 13.2 Å². The molecule has 11 heteroatoms. The van der Waals surface area contributed by atoms with Gasteiger partial charge in [-0.15, -0.1) is 0 Å². The maximum atomic E-state index is 14.7. The fraction of sp³-hybridized carbons (Fsp3) is 0.354. The van der Waals surface area contributed by atoms with Gasteiger partial charge in [0.1, 0.15) is 17.0 Å². The second kappa shape index (κ2) is 15.7. The lowest BCUT2D eigenvalue weighted by Gasteiger charge is -2.45. The molecule has 304 valence electrons. The first-order valence-corrected chi connectivity index (χ1v) is 21.2. The summed E-state index contributed by atoms with van der Waals surface area (Å²) < 4.78 is 12.4. The number of ether oxygens (including phenoxy) is 2. The molecule has 0 aliphatic carbocycles. The van der Waals surface area contributed by atoms with E-state index in [0.717, 1.165) is 95.3 Å². The van der Waals surface area contributed by atoms with Crippen LogP contribution in [0.2, 0.25) is 0 Å². The van der Waals surface area contributed by atoms with Crippen LogP contribution in [0, 0.1) is 0 Å². The van der Waals surface area contributed by atoms with E-state index in [1.807, 2.05) is 53.4 Å². The topological polar surface area (TPSA) is 97.9 Å². The third-order valence-corrected chi connectivity index (χ3v) is 12.7. The zero-order chi connectivity index (χ0) is 40.8. The molecule has 4 aliphatic heterocycles. The van der Waals surface area contributed by atoms with Crippen molar-refractivity contribution in [1.82, 2.24) is 15.1 Å². The minimum Gasteiger partial charge on any atom is -0.456 e. The number of carbonyl (C=O) groups is 3. The molecule has 0 atom stereocenters. The molecule has 59 heavy (non-hydrogen) atoms. The van der Waals surface area contributed by atoms with Gasteiger partial charge in [0, 0.05) is 133 Å². The van der Waals surface area contributed by atoms with Gasteiger partial charge >= 0.3 is 0 Å². The molecular weight excluding hydrogens is 741 g/mol. The van der Waals surface area contributed by atoms with E-state index >= 15 is 0 Å². The number of imide groups is 1. The second-order valence-corrected chi connectivity index (χ2v) is 15.5. The molecule has 0 aromatic heterocycles. The number of nitrogens with zero attached hydrogens (tertiary/aromatic N) is 5. The van der Waals surface area contributed by atoms with Gasteiger partial charge in [0.25, 0.3) is 17.7 Å². The molecule has 1 N–H and O–H groups in total. The first kappa shape index (κ1) is 38.6. The number of hydrogen-bond acceptors (Lipinski definition) is 9. The Morgan fingerprint density at radius 1 is 0.627 bits per heavy atom. The molecule has 0 bridgehead atoms. The number of nitrogens with one attached hydrogen (secondary N) is 1. The van der Waals surface area contributed by atoms with Crippen molar-refractivity contribution in [3.05, 3.63) is 124 Å². The van der Waals surface area contributed by atoms with Crippen molar-refractivity contribution in [2.75, 3.05) is 93.4 Å². The molecule has 1 fully saturated rings. The summed E-state index contributed by atoms with van der Waals surface area (Å²) in [7, 11) is 0. The van der Waals surface area contributed by atoms with Gasteiger partial charge in [-0.1, -0.05) is 42.5 Å².